The molecular formula is C20H23FN4O. The van der Waals surface area contributed by atoms with Gasteiger partial charge in [0.2, 0.25) is 0 Å². The first-order chi connectivity index (χ1) is 12.7. The summed E-state index contributed by atoms with van der Waals surface area (Å²) in [4.78, 5) is 18.3. The number of nitrogens with one attached hydrogen (secondary N) is 2. The number of amides is 1. The number of carbonyl (C=O) groups excluding carboxylic acids is 1. The molecule has 0 radical (unpaired) electrons. The number of benzene rings is 1. The van der Waals surface area contributed by atoms with Crippen LogP contribution in [0.4, 0.5) is 15.9 Å². The van der Waals surface area contributed by atoms with Crippen LogP contribution in [-0.4, -0.2) is 36.6 Å². The Morgan fingerprint density at radius 2 is 2.19 bits per heavy atom. The van der Waals surface area contributed by atoms with Crippen LogP contribution in [0.3, 0.4) is 0 Å². The Labute approximate surface area is 152 Å². The van der Waals surface area contributed by atoms with Gasteiger partial charge in [-0.1, -0.05) is 18.2 Å². The second-order valence-corrected chi connectivity index (χ2v) is 6.31. The third-order valence-corrected chi connectivity index (χ3v) is 4.40. The molecule has 0 aliphatic carbocycles. The molecule has 0 saturated carbocycles. The van der Waals surface area contributed by atoms with E-state index in [1.54, 1.807) is 30.5 Å². The number of hydrogen-bond donors (Lipinski definition) is 2. The Kier molecular flexibility index (Phi) is 5.84. The van der Waals surface area contributed by atoms with Gasteiger partial charge < -0.3 is 15.5 Å². The van der Waals surface area contributed by atoms with Crippen LogP contribution in [-0.2, 0) is 0 Å². The summed E-state index contributed by atoms with van der Waals surface area (Å²) < 4.78 is 14.0. The predicted octanol–water partition coefficient (Wildman–Crippen LogP) is 3.22. The van der Waals surface area contributed by atoms with Crippen molar-refractivity contribution in [3.05, 3.63) is 66.6 Å². The van der Waals surface area contributed by atoms with Crippen molar-refractivity contribution in [3.63, 3.8) is 0 Å². The Balaban J connectivity index is 1.61. The van der Waals surface area contributed by atoms with Crippen molar-refractivity contribution in [2.24, 2.45) is 0 Å². The maximum atomic E-state index is 14.0. The van der Waals surface area contributed by atoms with Crippen molar-refractivity contribution in [2.45, 2.75) is 18.9 Å². The monoisotopic (exact) mass is 354 g/mol. The molecule has 1 atom stereocenters. The Morgan fingerprint density at radius 1 is 1.35 bits per heavy atom. The lowest BCUT2D eigenvalue weighted by molar-refractivity contribution is 0.0957. The van der Waals surface area contributed by atoms with Gasteiger partial charge in [-0.05, 0) is 37.1 Å². The lowest BCUT2D eigenvalue weighted by atomic mass is 10.0. The highest BCUT2D eigenvalue weighted by Gasteiger charge is 2.22. The second kappa shape index (κ2) is 8.47. The first kappa shape index (κ1) is 17.9. The minimum atomic E-state index is -0.193. The number of rotatable bonds is 6. The summed E-state index contributed by atoms with van der Waals surface area (Å²) >= 11 is 0. The zero-order chi connectivity index (χ0) is 18.4. The van der Waals surface area contributed by atoms with Gasteiger partial charge in [0.25, 0.3) is 5.91 Å². The van der Waals surface area contributed by atoms with Gasteiger partial charge in [0.05, 0.1) is 11.3 Å². The van der Waals surface area contributed by atoms with E-state index in [-0.39, 0.29) is 17.8 Å². The van der Waals surface area contributed by atoms with Crippen molar-refractivity contribution in [2.75, 3.05) is 29.9 Å². The third kappa shape index (κ3) is 4.39. The fourth-order valence-corrected chi connectivity index (χ4v) is 3.11. The topological polar surface area (TPSA) is 57.3 Å². The van der Waals surface area contributed by atoms with Crippen LogP contribution in [0.25, 0.3) is 0 Å². The van der Waals surface area contributed by atoms with E-state index >= 15 is 0 Å². The number of carbonyl (C=O) groups is 1. The summed E-state index contributed by atoms with van der Waals surface area (Å²) in [7, 11) is 0. The molecule has 1 saturated heterocycles. The number of nitrogens with zero attached hydrogens (tertiary/aromatic N) is 2. The van der Waals surface area contributed by atoms with Gasteiger partial charge in [0.1, 0.15) is 11.6 Å². The van der Waals surface area contributed by atoms with Crippen LogP contribution in [0.2, 0.25) is 0 Å². The van der Waals surface area contributed by atoms with Gasteiger partial charge in [-0.2, -0.15) is 0 Å². The Morgan fingerprint density at radius 3 is 2.92 bits per heavy atom. The predicted molar refractivity (Wildman–Crippen MR) is 102 cm³/mol. The molecule has 136 valence electrons. The average Bonchev–Trinajstić information content (AvgIpc) is 2.67. The fraction of sp³-hybridized carbons (Fsp3) is 0.300. The Bertz CT molecular complexity index is 763. The number of aromatic nitrogens is 1. The maximum Gasteiger partial charge on any atom is 0.253 e. The van der Waals surface area contributed by atoms with Gasteiger partial charge in [0, 0.05) is 31.9 Å². The van der Waals surface area contributed by atoms with Gasteiger partial charge >= 0.3 is 0 Å². The van der Waals surface area contributed by atoms with Crippen LogP contribution in [0.1, 0.15) is 23.2 Å². The van der Waals surface area contributed by atoms with Gasteiger partial charge in [-0.25, -0.2) is 9.37 Å². The van der Waals surface area contributed by atoms with Crippen LogP contribution in [0.5, 0.6) is 0 Å². The standard InChI is InChI=1S/C20H23FN4O/c1-2-11-22-20(26)15-9-10-19(23-13-15)24-16-6-5-12-25(14-16)18-8-4-3-7-17(18)21/h2-4,7-10,13,16H,1,5-6,11-12,14H2,(H,22,26)(H,23,24). The summed E-state index contributed by atoms with van der Waals surface area (Å²) in [6.07, 6.45) is 5.16. The van der Waals surface area contributed by atoms with E-state index in [1.165, 1.54) is 6.07 Å². The molecule has 1 fully saturated rings. The zero-order valence-electron chi connectivity index (χ0n) is 14.6. The minimum Gasteiger partial charge on any atom is -0.367 e. The summed E-state index contributed by atoms with van der Waals surface area (Å²) in [5.74, 6) is 0.346. The van der Waals surface area contributed by atoms with Crippen molar-refractivity contribution >= 4 is 17.4 Å². The van der Waals surface area contributed by atoms with Crippen molar-refractivity contribution < 1.29 is 9.18 Å². The third-order valence-electron chi connectivity index (χ3n) is 4.40. The Hall–Kier alpha value is -2.89. The molecule has 2 aromatic rings. The summed E-state index contributed by atoms with van der Waals surface area (Å²) in [5.41, 5.74) is 1.15. The smallest absolute Gasteiger partial charge is 0.253 e. The van der Waals surface area contributed by atoms with E-state index < -0.39 is 0 Å². The molecule has 1 aromatic heterocycles. The lowest BCUT2D eigenvalue weighted by Crippen LogP contribution is -2.42. The molecule has 3 rings (SSSR count). The summed E-state index contributed by atoms with van der Waals surface area (Å²) in [6, 6.07) is 10.6. The number of para-hydroxylation sites is 1. The van der Waals surface area contributed by atoms with Crippen molar-refractivity contribution in [1.29, 1.82) is 0 Å². The van der Waals surface area contributed by atoms with Gasteiger partial charge in [-0.3, -0.25) is 4.79 Å². The van der Waals surface area contributed by atoms with Gasteiger partial charge in [0.15, 0.2) is 0 Å². The quantitative estimate of drug-likeness (QED) is 0.782. The van der Waals surface area contributed by atoms with Gasteiger partial charge in [-0.15, -0.1) is 6.58 Å². The van der Waals surface area contributed by atoms with E-state index in [4.69, 9.17) is 0 Å². The zero-order valence-corrected chi connectivity index (χ0v) is 14.6. The number of anilines is 2. The number of halogens is 1. The molecular weight excluding hydrogens is 331 g/mol. The number of hydrogen-bond acceptors (Lipinski definition) is 4. The van der Waals surface area contributed by atoms with Crippen molar-refractivity contribution in [3.8, 4) is 0 Å². The molecule has 1 aliphatic heterocycles. The maximum absolute atomic E-state index is 14.0. The molecule has 1 unspecified atom stereocenters. The highest BCUT2D eigenvalue weighted by molar-refractivity contribution is 5.94. The molecule has 0 spiro atoms. The van der Waals surface area contributed by atoms with Crippen LogP contribution < -0.4 is 15.5 Å². The summed E-state index contributed by atoms with van der Waals surface area (Å²) in [6.45, 7) is 5.55. The fourth-order valence-electron chi connectivity index (χ4n) is 3.11. The molecule has 2 heterocycles. The molecule has 6 heteroatoms. The van der Waals surface area contributed by atoms with E-state index in [1.807, 2.05) is 12.1 Å². The number of pyridine rings is 1. The highest BCUT2D eigenvalue weighted by Crippen LogP contribution is 2.24. The average molecular weight is 354 g/mol. The van der Waals surface area contributed by atoms with Crippen LogP contribution >= 0.6 is 0 Å². The number of piperidine rings is 1. The largest absolute Gasteiger partial charge is 0.367 e. The molecule has 26 heavy (non-hydrogen) atoms. The molecule has 1 aromatic carbocycles. The second-order valence-electron chi connectivity index (χ2n) is 6.31. The first-order valence-corrected chi connectivity index (χ1v) is 8.78. The minimum absolute atomic E-state index is 0.174. The molecule has 2 N–H and O–H groups in total. The highest BCUT2D eigenvalue weighted by atomic mass is 19.1. The van der Waals surface area contributed by atoms with Crippen LogP contribution in [0, 0.1) is 5.82 Å². The molecule has 5 nitrogen and oxygen atoms in total. The van der Waals surface area contributed by atoms with E-state index in [2.05, 4.69) is 27.1 Å². The van der Waals surface area contributed by atoms with Crippen molar-refractivity contribution in [1.82, 2.24) is 10.3 Å². The molecule has 1 aliphatic rings. The molecule has 0 bridgehead atoms. The lowest BCUT2D eigenvalue weighted by Gasteiger charge is -2.35. The normalized spacial score (nSPS) is 16.8. The van der Waals surface area contributed by atoms with Crippen LogP contribution in [0.15, 0.2) is 55.3 Å². The van der Waals surface area contributed by atoms with E-state index in [9.17, 15) is 9.18 Å². The SMILES string of the molecule is C=CCNC(=O)c1ccc(NC2CCCN(c3ccccc3F)C2)nc1. The van der Waals surface area contributed by atoms with E-state index in [0.717, 1.165) is 19.4 Å². The van der Waals surface area contributed by atoms with E-state index in [0.29, 0.717) is 30.2 Å². The summed E-state index contributed by atoms with van der Waals surface area (Å²) in [5, 5.41) is 6.11. The molecule has 1 amide bonds. The first-order valence-electron chi connectivity index (χ1n) is 8.78.